The first-order valence-corrected chi connectivity index (χ1v) is 6.38. The van der Waals surface area contributed by atoms with Crippen LogP contribution < -0.4 is 5.32 Å². The van der Waals surface area contributed by atoms with Gasteiger partial charge in [-0.05, 0) is 24.6 Å². The van der Waals surface area contributed by atoms with Crippen molar-refractivity contribution < 1.29 is 27.9 Å². The summed E-state index contributed by atoms with van der Waals surface area (Å²) >= 11 is 2.79. The molecular formula is C12H11BrF3NO3. The topological polar surface area (TPSA) is 66.4 Å². The summed E-state index contributed by atoms with van der Waals surface area (Å²) in [6.07, 6.45) is -4.63. The number of benzene rings is 1. The van der Waals surface area contributed by atoms with Gasteiger partial charge in [0.2, 0.25) is 5.91 Å². The average Bonchev–Trinajstić information content (AvgIpc) is 2.29. The molecule has 0 aromatic heterocycles. The van der Waals surface area contributed by atoms with E-state index in [1.807, 2.05) is 0 Å². The molecule has 4 nitrogen and oxygen atoms in total. The Labute approximate surface area is 121 Å². The summed E-state index contributed by atoms with van der Waals surface area (Å²) in [7, 11) is 0. The van der Waals surface area contributed by atoms with Crippen LogP contribution in [0, 0.1) is 0 Å². The molecular weight excluding hydrogens is 343 g/mol. The summed E-state index contributed by atoms with van der Waals surface area (Å²) in [6.45, 7) is 0. The third-order valence-corrected chi connectivity index (χ3v) is 3.04. The second kappa shape index (κ2) is 6.74. The van der Waals surface area contributed by atoms with Crippen LogP contribution in [0.2, 0.25) is 0 Å². The molecule has 110 valence electrons. The van der Waals surface area contributed by atoms with E-state index in [2.05, 4.69) is 21.2 Å². The molecule has 0 aliphatic rings. The summed E-state index contributed by atoms with van der Waals surface area (Å²) in [6, 6.07) is 3.34. The lowest BCUT2D eigenvalue weighted by Gasteiger charge is -2.11. The highest BCUT2D eigenvalue weighted by Gasteiger charge is 2.33. The number of carbonyl (C=O) groups excluding carboxylic acids is 1. The Morgan fingerprint density at radius 2 is 1.90 bits per heavy atom. The van der Waals surface area contributed by atoms with Crippen LogP contribution in [0.4, 0.5) is 18.9 Å². The number of nitrogens with one attached hydrogen (secondary N) is 1. The number of amides is 1. The van der Waals surface area contributed by atoms with Crippen LogP contribution >= 0.6 is 15.9 Å². The zero-order valence-corrected chi connectivity index (χ0v) is 11.7. The van der Waals surface area contributed by atoms with Gasteiger partial charge in [0.15, 0.2) is 0 Å². The van der Waals surface area contributed by atoms with Crippen molar-refractivity contribution in [1.82, 2.24) is 0 Å². The van der Waals surface area contributed by atoms with Crippen molar-refractivity contribution in [2.24, 2.45) is 0 Å². The number of carboxylic acid groups (broad SMARTS) is 1. The number of rotatable bonds is 5. The molecule has 0 aliphatic carbocycles. The molecule has 0 heterocycles. The predicted octanol–water partition coefficient (Wildman–Crippen LogP) is 3.66. The molecule has 1 rings (SSSR count). The van der Waals surface area contributed by atoms with Crippen molar-refractivity contribution in [3.05, 3.63) is 28.2 Å². The maximum atomic E-state index is 12.6. The monoisotopic (exact) mass is 353 g/mol. The first kappa shape index (κ1) is 16.5. The van der Waals surface area contributed by atoms with Gasteiger partial charge in [0.25, 0.3) is 0 Å². The molecule has 0 fully saturated rings. The molecule has 8 heteroatoms. The minimum absolute atomic E-state index is 0.0147. The standard InChI is InChI=1S/C12H11BrF3NO3/c13-9-5-4-7(6-8(9)12(14,15)16)17-10(18)2-1-3-11(19)20/h4-6H,1-3H2,(H,17,18)(H,19,20). The van der Waals surface area contributed by atoms with Crippen molar-refractivity contribution >= 4 is 33.5 Å². The smallest absolute Gasteiger partial charge is 0.417 e. The van der Waals surface area contributed by atoms with Crippen LogP contribution in [0.5, 0.6) is 0 Å². The van der Waals surface area contributed by atoms with Crippen molar-refractivity contribution in [3.63, 3.8) is 0 Å². The second-order valence-electron chi connectivity index (χ2n) is 3.99. The lowest BCUT2D eigenvalue weighted by molar-refractivity contribution is -0.138. The predicted molar refractivity (Wildman–Crippen MR) is 69.3 cm³/mol. The van der Waals surface area contributed by atoms with Crippen LogP contribution in [0.15, 0.2) is 22.7 Å². The fourth-order valence-electron chi connectivity index (χ4n) is 1.44. The number of alkyl halides is 3. The van der Waals surface area contributed by atoms with Crippen LogP contribution in [0.25, 0.3) is 0 Å². The summed E-state index contributed by atoms with van der Waals surface area (Å²) < 4.78 is 37.8. The average molecular weight is 354 g/mol. The van der Waals surface area contributed by atoms with Crippen LogP contribution in [0.1, 0.15) is 24.8 Å². The number of hydrogen-bond donors (Lipinski definition) is 2. The van der Waals surface area contributed by atoms with Gasteiger partial charge in [0, 0.05) is 23.0 Å². The number of carboxylic acids is 1. The highest BCUT2D eigenvalue weighted by molar-refractivity contribution is 9.10. The van der Waals surface area contributed by atoms with Gasteiger partial charge < -0.3 is 10.4 Å². The minimum Gasteiger partial charge on any atom is -0.481 e. The Balaban J connectivity index is 2.69. The van der Waals surface area contributed by atoms with Gasteiger partial charge in [-0.2, -0.15) is 13.2 Å². The van der Waals surface area contributed by atoms with Crippen molar-refractivity contribution in [3.8, 4) is 0 Å². The first-order valence-electron chi connectivity index (χ1n) is 5.58. The lowest BCUT2D eigenvalue weighted by Crippen LogP contribution is -2.13. The van der Waals surface area contributed by atoms with Gasteiger partial charge in [0.1, 0.15) is 0 Å². The van der Waals surface area contributed by atoms with Gasteiger partial charge in [-0.3, -0.25) is 9.59 Å². The number of hydrogen-bond acceptors (Lipinski definition) is 2. The largest absolute Gasteiger partial charge is 0.481 e. The van der Waals surface area contributed by atoms with Gasteiger partial charge in [0.05, 0.1) is 5.56 Å². The third kappa shape index (κ3) is 5.20. The highest BCUT2D eigenvalue weighted by Crippen LogP contribution is 2.36. The maximum Gasteiger partial charge on any atom is 0.417 e. The van der Waals surface area contributed by atoms with Crippen LogP contribution in [-0.4, -0.2) is 17.0 Å². The summed E-state index contributed by atoms with van der Waals surface area (Å²) in [4.78, 5) is 21.7. The molecule has 0 spiro atoms. The molecule has 0 radical (unpaired) electrons. The Kier molecular flexibility index (Phi) is 5.55. The molecule has 1 aromatic carbocycles. The number of aliphatic carboxylic acids is 1. The molecule has 1 amide bonds. The Morgan fingerprint density at radius 1 is 1.25 bits per heavy atom. The number of halogens is 4. The third-order valence-electron chi connectivity index (χ3n) is 2.35. The summed E-state index contributed by atoms with van der Waals surface area (Å²) in [5.74, 6) is -1.55. The van der Waals surface area contributed by atoms with Crippen molar-refractivity contribution in [1.29, 1.82) is 0 Å². The van der Waals surface area contributed by atoms with Crippen LogP contribution in [-0.2, 0) is 15.8 Å². The van der Waals surface area contributed by atoms with Crippen molar-refractivity contribution in [2.75, 3.05) is 5.32 Å². The minimum atomic E-state index is -4.52. The highest BCUT2D eigenvalue weighted by atomic mass is 79.9. The van der Waals surface area contributed by atoms with Gasteiger partial charge >= 0.3 is 12.1 Å². The molecule has 0 aliphatic heterocycles. The van der Waals surface area contributed by atoms with Crippen molar-refractivity contribution in [2.45, 2.75) is 25.4 Å². The molecule has 0 bridgehead atoms. The zero-order valence-electron chi connectivity index (χ0n) is 10.1. The van der Waals surface area contributed by atoms with E-state index in [-0.39, 0.29) is 29.4 Å². The first-order chi connectivity index (χ1) is 9.20. The normalized spacial score (nSPS) is 11.2. The Hall–Kier alpha value is -1.57. The van der Waals surface area contributed by atoms with Gasteiger partial charge in [-0.15, -0.1) is 0 Å². The van der Waals surface area contributed by atoms with E-state index in [1.165, 1.54) is 12.1 Å². The van der Waals surface area contributed by atoms with E-state index in [0.29, 0.717) is 0 Å². The zero-order chi connectivity index (χ0) is 15.3. The number of carbonyl (C=O) groups is 2. The summed E-state index contributed by atoms with van der Waals surface area (Å²) in [5, 5.41) is 10.7. The Morgan fingerprint density at radius 3 is 2.45 bits per heavy atom. The molecule has 0 saturated heterocycles. The van der Waals surface area contributed by atoms with E-state index in [9.17, 15) is 22.8 Å². The van der Waals surface area contributed by atoms with E-state index in [1.54, 1.807) is 0 Å². The molecule has 2 N–H and O–H groups in total. The molecule has 1 aromatic rings. The lowest BCUT2D eigenvalue weighted by atomic mass is 10.2. The molecule has 20 heavy (non-hydrogen) atoms. The van der Waals surface area contributed by atoms with E-state index < -0.39 is 23.6 Å². The van der Waals surface area contributed by atoms with E-state index in [4.69, 9.17) is 5.11 Å². The fourth-order valence-corrected chi connectivity index (χ4v) is 1.92. The number of anilines is 1. The Bertz CT molecular complexity index is 517. The van der Waals surface area contributed by atoms with Gasteiger partial charge in [-0.1, -0.05) is 15.9 Å². The van der Waals surface area contributed by atoms with Crippen LogP contribution in [0.3, 0.4) is 0 Å². The second-order valence-corrected chi connectivity index (χ2v) is 4.84. The molecule has 0 saturated carbocycles. The SMILES string of the molecule is O=C(O)CCCC(=O)Nc1ccc(Br)c(C(F)(F)F)c1. The summed E-state index contributed by atoms with van der Waals surface area (Å²) in [5.41, 5.74) is -0.873. The molecule has 0 unspecified atom stereocenters. The quantitative estimate of drug-likeness (QED) is 0.848. The molecule has 0 atom stereocenters. The van der Waals surface area contributed by atoms with Gasteiger partial charge in [-0.25, -0.2) is 0 Å². The fraction of sp³-hybridized carbons (Fsp3) is 0.333. The van der Waals surface area contributed by atoms with E-state index in [0.717, 1.165) is 6.07 Å². The maximum absolute atomic E-state index is 12.6. The van der Waals surface area contributed by atoms with E-state index >= 15 is 0 Å².